The van der Waals surface area contributed by atoms with Crippen molar-refractivity contribution in [2.45, 2.75) is 26.7 Å². The van der Waals surface area contributed by atoms with Gasteiger partial charge < -0.3 is 15.9 Å². The van der Waals surface area contributed by atoms with E-state index in [2.05, 4.69) is 10.5 Å². The van der Waals surface area contributed by atoms with Crippen molar-refractivity contribution in [3.8, 4) is 0 Å². The predicted molar refractivity (Wildman–Crippen MR) is 96.9 cm³/mol. The summed E-state index contributed by atoms with van der Waals surface area (Å²) in [5.41, 5.74) is 9.81. The molecule has 0 atom stereocenters. The van der Waals surface area contributed by atoms with Gasteiger partial charge in [-0.1, -0.05) is 53.7 Å². The molecule has 0 bridgehead atoms. The van der Waals surface area contributed by atoms with E-state index in [1.54, 1.807) is 0 Å². The van der Waals surface area contributed by atoms with E-state index in [4.69, 9.17) is 10.6 Å². The first-order chi connectivity index (χ1) is 11.6. The minimum absolute atomic E-state index is 0.167. The molecular weight excluding hydrogens is 302 g/mol. The standard InChI is InChI=1S/C19H23N3O2/c1-14-7-6-8-15(2)19(14)21-18(23)13-24-22-17(20)12-11-16-9-4-3-5-10-16/h3-10H,11-13H2,1-2H3,(H2,20,22)(H,21,23). The van der Waals surface area contributed by atoms with E-state index in [-0.39, 0.29) is 12.5 Å². The van der Waals surface area contributed by atoms with Crippen LogP contribution in [0.4, 0.5) is 5.69 Å². The zero-order valence-electron chi connectivity index (χ0n) is 14.1. The lowest BCUT2D eigenvalue weighted by atomic mass is 10.1. The average Bonchev–Trinajstić information content (AvgIpc) is 2.57. The van der Waals surface area contributed by atoms with Crippen LogP contribution >= 0.6 is 0 Å². The maximum absolute atomic E-state index is 11.9. The number of amidine groups is 1. The zero-order chi connectivity index (χ0) is 17.4. The number of anilines is 1. The number of nitrogens with two attached hydrogens (primary N) is 1. The van der Waals surface area contributed by atoms with E-state index >= 15 is 0 Å². The molecule has 3 N–H and O–H groups in total. The van der Waals surface area contributed by atoms with Gasteiger partial charge in [0.05, 0.1) is 0 Å². The Morgan fingerprint density at radius 1 is 1.08 bits per heavy atom. The van der Waals surface area contributed by atoms with Crippen LogP contribution in [0.2, 0.25) is 0 Å². The molecule has 2 rings (SSSR count). The first-order valence-corrected chi connectivity index (χ1v) is 7.90. The molecule has 5 heteroatoms. The number of para-hydroxylation sites is 1. The van der Waals surface area contributed by atoms with E-state index in [0.717, 1.165) is 23.2 Å². The summed E-state index contributed by atoms with van der Waals surface area (Å²) in [6, 6.07) is 15.9. The fourth-order valence-corrected chi connectivity index (χ4v) is 2.32. The number of nitrogens with zero attached hydrogens (tertiary/aromatic N) is 1. The van der Waals surface area contributed by atoms with E-state index in [1.165, 1.54) is 5.56 Å². The first-order valence-electron chi connectivity index (χ1n) is 7.90. The smallest absolute Gasteiger partial charge is 0.265 e. The number of aryl methyl sites for hydroxylation is 3. The molecule has 2 aromatic carbocycles. The Labute approximate surface area is 142 Å². The quantitative estimate of drug-likeness (QED) is 0.466. The van der Waals surface area contributed by atoms with Gasteiger partial charge in [0.2, 0.25) is 0 Å². The number of rotatable bonds is 7. The topological polar surface area (TPSA) is 76.7 Å². The Morgan fingerprint density at radius 3 is 2.42 bits per heavy atom. The summed E-state index contributed by atoms with van der Waals surface area (Å²) in [4.78, 5) is 17.0. The molecule has 126 valence electrons. The highest BCUT2D eigenvalue weighted by Crippen LogP contribution is 2.19. The Bertz CT molecular complexity index is 692. The third kappa shape index (κ3) is 5.43. The lowest BCUT2D eigenvalue weighted by Crippen LogP contribution is -2.20. The van der Waals surface area contributed by atoms with Gasteiger partial charge in [-0.25, -0.2) is 0 Å². The Morgan fingerprint density at radius 2 is 1.75 bits per heavy atom. The number of carbonyl (C=O) groups is 1. The fourth-order valence-electron chi connectivity index (χ4n) is 2.32. The Hall–Kier alpha value is -2.82. The number of amides is 1. The molecule has 0 aromatic heterocycles. The molecule has 0 unspecified atom stereocenters. The van der Waals surface area contributed by atoms with Crippen LogP contribution in [-0.4, -0.2) is 18.3 Å². The van der Waals surface area contributed by atoms with Crippen molar-refractivity contribution >= 4 is 17.4 Å². The number of carbonyl (C=O) groups excluding carboxylic acids is 1. The number of hydrogen-bond acceptors (Lipinski definition) is 3. The molecule has 0 saturated heterocycles. The van der Waals surface area contributed by atoms with E-state index < -0.39 is 0 Å². The summed E-state index contributed by atoms with van der Waals surface area (Å²) in [6.07, 6.45) is 1.37. The lowest BCUT2D eigenvalue weighted by Gasteiger charge is -2.10. The van der Waals surface area contributed by atoms with E-state index in [1.807, 2.05) is 62.4 Å². The average molecular weight is 325 g/mol. The van der Waals surface area contributed by atoms with Gasteiger partial charge in [0.1, 0.15) is 5.84 Å². The molecule has 0 aliphatic rings. The fraction of sp³-hybridized carbons (Fsp3) is 0.263. The lowest BCUT2D eigenvalue weighted by molar-refractivity contribution is -0.120. The summed E-state index contributed by atoms with van der Waals surface area (Å²) in [5.74, 6) is 0.116. The minimum Gasteiger partial charge on any atom is -0.384 e. The largest absolute Gasteiger partial charge is 0.384 e. The van der Waals surface area contributed by atoms with Gasteiger partial charge in [-0.2, -0.15) is 0 Å². The second kappa shape index (κ2) is 8.72. The summed E-state index contributed by atoms with van der Waals surface area (Å²) in [7, 11) is 0. The van der Waals surface area contributed by atoms with Crippen LogP contribution < -0.4 is 11.1 Å². The number of oxime groups is 1. The Kier molecular flexibility index (Phi) is 6.37. The Balaban J connectivity index is 1.77. The van der Waals surface area contributed by atoms with Crippen LogP contribution in [0, 0.1) is 13.8 Å². The van der Waals surface area contributed by atoms with Gasteiger partial charge in [-0.3, -0.25) is 4.79 Å². The normalized spacial score (nSPS) is 11.2. The summed E-state index contributed by atoms with van der Waals surface area (Å²) >= 11 is 0. The van der Waals surface area contributed by atoms with Gasteiger partial charge in [0.25, 0.3) is 5.91 Å². The van der Waals surface area contributed by atoms with Crippen LogP contribution in [0.3, 0.4) is 0 Å². The van der Waals surface area contributed by atoms with E-state index in [0.29, 0.717) is 12.3 Å². The highest BCUT2D eigenvalue weighted by atomic mass is 16.6. The van der Waals surface area contributed by atoms with Crippen LogP contribution in [-0.2, 0) is 16.1 Å². The summed E-state index contributed by atoms with van der Waals surface area (Å²) < 4.78 is 0. The second-order valence-corrected chi connectivity index (χ2v) is 5.66. The summed E-state index contributed by atoms with van der Waals surface area (Å²) in [5, 5.41) is 6.64. The van der Waals surface area contributed by atoms with Crippen LogP contribution in [0.25, 0.3) is 0 Å². The number of benzene rings is 2. The van der Waals surface area contributed by atoms with Crippen molar-refractivity contribution in [2.24, 2.45) is 10.9 Å². The molecule has 0 aliphatic carbocycles. The molecular formula is C19H23N3O2. The minimum atomic E-state index is -0.257. The molecule has 0 heterocycles. The van der Waals surface area contributed by atoms with Crippen molar-refractivity contribution in [3.05, 3.63) is 65.2 Å². The summed E-state index contributed by atoms with van der Waals surface area (Å²) in [6.45, 7) is 3.73. The molecule has 2 aromatic rings. The third-order valence-corrected chi connectivity index (χ3v) is 3.64. The van der Waals surface area contributed by atoms with Gasteiger partial charge in [0.15, 0.2) is 6.61 Å². The van der Waals surface area contributed by atoms with E-state index in [9.17, 15) is 4.79 Å². The van der Waals surface area contributed by atoms with Crippen molar-refractivity contribution < 1.29 is 9.63 Å². The zero-order valence-corrected chi connectivity index (χ0v) is 14.1. The van der Waals surface area contributed by atoms with Crippen molar-refractivity contribution in [2.75, 3.05) is 11.9 Å². The maximum Gasteiger partial charge on any atom is 0.265 e. The maximum atomic E-state index is 11.9. The highest BCUT2D eigenvalue weighted by molar-refractivity contribution is 5.93. The molecule has 0 radical (unpaired) electrons. The van der Waals surface area contributed by atoms with Crippen LogP contribution in [0.15, 0.2) is 53.7 Å². The van der Waals surface area contributed by atoms with Gasteiger partial charge in [0, 0.05) is 12.1 Å². The van der Waals surface area contributed by atoms with Gasteiger partial charge in [-0.05, 0) is 37.0 Å². The van der Waals surface area contributed by atoms with Crippen LogP contribution in [0.1, 0.15) is 23.1 Å². The number of hydrogen-bond donors (Lipinski definition) is 2. The van der Waals surface area contributed by atoms with Crippen molar-refractivity contribution in [1.82, 2.24) is 0 Å². The molecule has 0 spiro atoms. The predicted octanol–water partition coefficient (Wildman–Crippen LogP) is 3.16. The van der Waals surface area contributed by atoms with Crippen molar-refractivity contribution in [1.29, 1.82) is 0 Å². The monoisotopic (exact) mass is 325 g/mol. The third-order valence-electron chi connectivity index (χ3n) is 3.64. The second-order valence-electron chi connectivity index (χ2n) is 5.66. The number of nitrogens with one attached hydrogen (secondary N) is 1. The molecule has 24 heavy (non-hydrogen) atoms. The molecule has 0 fully saturated rings. The van der Waals surface area contributed by atoms with Gasteiger partial charge in [-0.15, -0.1) is 0 Å². The van der Waals surface area contributed by atoms with Crippen molar-refractivity contribution in [3.63, 3.8) is 0 Å². The van der Waals surface area contributed by atoms with Gasteiger partial charge >= 0.3 is 0 Å². The molecule has 1 amide bonds. The molecule has 5 nitrogen and oxygen atoms in total. The molecule has 0 saturated carbocycles. The van der Waals surface area contributed by atoms with Crippen LogP contribution in [0.5, 0.6) is 0 Å². The molecule has 0 aliphatic heterocycles. The SMILES string of the molecule is Cc1cccc(C)c1NC(=O)CO/N=C(\N)CCc1ccccc1. The first kappa shape index (κ1) is 17.5. The highest BCUT2D eigenvalue weighted by Gasteiger charge is 2.07.